The smallest absolute Gasteiger partial charge is 0.276 e. The molecule has 5 aromatic rings. The van der Waals surface area contributed by atoms with Crippen LogP contribution in [0.25, 0.3) is 22.1 Å². The third kappa shape index (κ3) is 7.71. The molecule has 0 atom stereocenters. The highest BCUT2D eigenvalue weighted by molar-refractivity contribution is 6.04. The summed E-state index contributed by atoms with van der Waals surface area (Å²) in [5, 5.41) is 10.5. The zero-order chi connectivity index (χ0) is 36.1. The third-order valence-corrected chi connectivity index (χ3v) is 8.73. The number of amides is 3. The summed E-state index contributed by atoms with van der Waals surface area (Å²) in [6.07, 6.45) is 4.68. The second kappa shape index (κ2) is 15.4. The fourth-order valence-electron chi connectivity index (χ4n) is 6.20. The molecule has 3 aromatic heterocycles. The van der Waals surface area contributed by atoms with Crippen LogP contribution in [0.2, 0.25) is 0 Å². The molecule has 1 aliphatic heterocycles. The summed E-state index contributed by atoms with van der Waals surface area (Å²) < 4.78 is 17.2. The number of rotatable bonds is 15. The molecule has 3 amide bonds. The van der Waals surface area contributed by atoms with E-state index in [0.29, 0.717) is 79.0 Å². The van der Waals surface area contributed by atoms with Gasteiger partial charge in [0.1, 0.15) is 17.0 Å². The second-order valence-electron chi connectivity index (χ2n) is 12.2. The standard InChI is InChI=1S/C35H43N11O5/c1-4-46-28(18-22(2)42-46)33(49)41-35-40-26-20-24(32(37)48)21-29(51-15-7-10-43-13-16-50-17-14-43)30(26)45(35)12-6-5-11-44-27-9-8-23(31(36)47)19-25(27)39-34(44)38-3/h5-6,8-9,18-21H,4,7,10-17H2,1-3H3,(H2,36,47)(H2,37,48)(H,38,39)(H,40,41,49)/b6-5+. The van der Waals surface area contributed by atoms with E-state index in [1.165, 1.54) is 0 Å². The minimum Gasteiger partial charge on any atom is -0.491 e. The number of benzene rings is 2. The fraction of sp³-hybridized carbons (Fsp3) is 0.371. The van der Waals surface area contributed by atoms with Gasteiger partial charge >= 0.3 is 0 Å². The van der Waals surface area contributed by atoms with Crippen LogP contribution < -0.4 is 26.8 Å². The van der Waals surface area contributed by atoms with E-state index in [4.69, 9.17) is 25.9 Å². The summed E-state index contributed by atoms with van der Waals surface area (Å²) in [6.45, 7) is 9.42. The Morgan fingerprint density at radius 1 is 0.941 bits per heavy atom. The first-order valence-electron chi connectivity index (χ1n) is 16.9. The van der Waals surface area contributed by atoms with Gasteiger partial charge in [-0.3, -0.25) is 29.3 Å². The zero-order valence-corrected chi connectivity index (χ0v) is 29.0. The van der Waals surface area contributed by atoms with Crippen molar-refractivity contribution >= 4 is 51.7 Å². The molecule has 1 fully saturated rings. The quantitative estimate of drug-likeness (QED) is 0.0931. The van der Waals surface area contributed by atoms with Gasteiger partial charge < -0.3 is 35.4 Å². The molecule has 2 aromatic carbocycles. The van der Waals surface area contributed by atoms with E-state index in [-0.39, 0.29) is 17.4 Å². The predicted molar refractivity (Wildman–Crippen MR) is 193 cm³/mol. The van der Waals surface area contributed by atoms with Crippen LogP contribution in [0.3, 0.4) is 0 Å². The summed E-state index contributed by atoms with van der Waals surface area (Å²) >= 11 is 0. The number of nitrogens with two attached hydrogens (primary N) is 2. The Morgan fingerprint density at radius 3 is 2.35 bits per heavy atom. The molecular weight excluding hydrogens is 654 g/mol. The van der Waals surface area contributed by atoms with Crippen molar-refractivity contribution in [2.45, 2.75) is 39.9 Å². The predicted octanol–water partition coefficient (Wildman–Crippen LogP) is 2.76. The Kier molecular flexibility index (Phi) is 10.6. The highest BCUT2D eigenvalue weighted by Gasteiger charge is 2.22. The summed E-state index contributed by atoms with van der Waals surface area (Å²) in [4.78, 5) is 49.4. The lowest BCUT2D eigenvalue weighted by Crippen LogP contribution is -2.37. The van der Waals surface area contributed by atoms with Gasteiger partial charge in [0, 0.05) is 57.4 Å². The van der Waals surface area contributed by atoms with Crippen LogP contribution in [0, 0.1) is 6.92 Å². The summed E-state index contributed by atoms with van der Waals surface area (Å²) in [5.41, 5.74) is 15.4. The van der Waals surface area contributed by atoms with Gasteiger partial charge in [0.15, 0.2) is 0 Å². The number of hydrogen-bond acceptors (Lipinski definition) is 10. The average Bonchev–Trinajstić information content (AvgIpc) is 3.80. The zero-order valence-electron chi connectivity index (χ0n) is 29.0. The highest BCUT2D eigenvalue weighted by Crippen LogP contribution is 2.32. The Morgan fingerprint density at radius 2 is 1.65 bits per heavy atom. The number of primary amides is 2. The van der Waals surface area contributed by atoms with Crippen LogP contribution in [0.4, 0.5) is 11.9 Å². The number of aromatic nitrogens is 6. The van der Waals surface area contributed by atoms with Crippen molar-refractivity contribution in [1.29, 1.82) is 0 Å². The van der Waals surface area contributed by atoms with Gasteiger partial charge in [-0.25, -0.2) is 9.97 Å². The number of fused-ring (bicyclic) bond motifs is 2. The molecule has 0 saturated carbocycles. The van der Waals surface area contributed by atoms with Gasteiger partial charge in [0.05, 0.1) is 42.1 Å². The Bertz CT molecular complexity index is 2110. The number of nitrogens with zero attached hydrogens (tertiary/aromatic N) is 7. The molecule has 1 aliphatic rings. The molecule has 0 bridgehead atoms. The first-order chi connectivity index (χ1) is 24.7. The van der Waals surface area contributed by atoms with Gasteiger partial charge in [-0.15, -0.1) is 0 Å². The molecule has 16 heteroatoms. The maximum atomic E-state index is 13.6. The topological polar surface area (TPSA) is 202 Å². The Labute approximate surface area is 294 Å². The van der Waals surface area contributed by atoms with Crippen LogP contribution in [0.5, 0.6) is 5.75 Å². The normalized spacial score (nSPS) is 13.7. The molecule has 0 unspecified atom stereocenters. The molecule has 268 valence electrons. The SMILES string of the molecule is CCn1nc(C)cc1C(=O)Nc1nc2cc(C(N)=O)cc(OCCCN3CCOCC3)c2n1C/C=C/Cn1c(NC)nc2cc(C(N)=O)ccc21. The Balaban J connectivity index is 1.32. The molecular formula is C35H43N11O5. The number of allylic oxidation sites excluding steroid dienone is 2. The first-order valence-corrected chi connectivity index (χ1v) is 16.9. The molecule has 0 radical (unpaired) electrons. The maximum Gasteiger partial charge on any atom is 0.276 e. The number of carbonyl (C=O) groups excluding carboxylic acids is 3. The fourth-order valence-corrected chi connectivity index (χ4v) is 6.20. The number of hydrogen-bond donors (Lipinski definition) is 4. The number of ether oxygens (including phenoxy) is 2. The Hall–Kier alpha value is -5.74. The maximum absolute atomic E-state index is 13.6. The summed E-state index contributed by atoms with van der Waals surface area (Å²) in [6, 6.07) is 10.1. The average molecular weight is 698 g/mol. The van der Waals surface area contributed by atoms with Crippen LogP contribution in [0.15, 0.2) is 48.6 Å². The molecule has 1 saturated heterocycles. The van der Waals surface area contributed by atoms with Crippen molar-refractivity contribution < 1.29 is 23.9 Å². The molecule has 0 aliphatic carbocycles. The molecule has 0 spiro atoms. The van der Waals surface area contributed by atoms with E-state index < -0.39 is 11.8 Å². The lowest BCUT2D eigenvalue weighted by Gasteiger charge is -2.26. The minimum absolute atomic E-state index is 0.245. The number of nitrogens with one attached hydrogen (secondary N) is 2. The number of anilines is 2. The van der Waals surface area contributed by atoms with Crippen molar-refractivity contribution in [1.82, 2.24) is 33.8 Å². The molecule has 16 nitrogen and oxygen atoms in total. The largest absolute Gasteiger partial charge is 0.491 e. The van der Waals surface area contributed by atoms with Crippen LogP contribution in [-0.2, 0) is 24.4 Å². The van der Waals surface area contributed by atoms with Crippen molar-refractivity contribution in [3.63, 3.8) is 0 Å². The van der Waals surface area contributed by atoms with Crippen LogP contribution in [0.1, 0.15) is 50.2 Å². The van der Waals surface area contributed by atoms with Gasteiger partial charge in [-0.05, 0) is 56.7 Å². The molecule has 6 N–H and O–H groups in total. The van der Waals surface area contributed by atoms with Gasteiger partial charge in [0.2, 0.25) is 23.7 Å². The van der Waals surface area contributed by atoms with Gasteiger partial charge in [-0.2, -0.15) is 5.10 Å². The summed E-state index contributed by atoms with van der Waals surface area (Å²) in [7, 11) is 1.78. The lowest BCUT2D eigenvalue weighted by molar-refractivity contribution is 0.0358. The van der Waals surface area contributed by atoms with E-state index in [0.717, 1.165) is 37.3 Å². The van der Waals surface area contributed by atoms with E-state index in [9.17, 15) is 14.4 Å². The monoisotopic (exact) mass is 697 g/mol. The second-order valence-corrected chi connectivity index (χ2v) is 12.2. The number of aryl methyl sites for hydroxylation is 2. The molecule has 6 rings (SSSR count). The number of imidazole rings is 2. The number of morpholine rings is 1. The molecule has 4 heterocycles. The van der Waals surface area contributed by atoms with Crippen molar-refractivity contribution in [2.75, 3.05) is 57.1 Å². The van der Waals surface area contributed by atoms with E-state index in [1.807, 2.05) is 41.2 Å². The van der Waals surface area contributed by atoms with Gasteiger partial charge in [-0.1, -0.05) is 12.2 Å². The number of carbonyl (C=O) groups is 3. The van der Waals surface area contributed by atoms with E-state index in [1.54, 1.807) is 42.1 Å². The van der Waals surface area contributed by atoms with Crippen molar-refractivity contribution in [3.8, 4) is 5.75 Å². The third-order valence-electron chi connectivity index (χ3n) is 8.73. The van der Waals surface area contributed by atoms with E-state index >= 15 is 0 Å². The highest BCUT2D eigenvalue weighted by atomic mass is 16.5. The lowest BCUT2D eigenvalue weighted by atomic mass is 10.1. The van der Waals surface area contributed by atoms with Crippen LogP contribution in [-0.4, -0.2) is 98.0 Å². The first kappa shape index (κ1) is 35.1. The minimum atomic E-state index is -0.617. The van der Waals surface area contributed by atoms with Crippen LogP contribution >= 0.6 is 0 Å². The molecule has 51 heavy (non-hydrogen) atoms. The van der Waals surface area contributed by atoms with E-state index in [2.05, 4.69) is 25.6 Å². The van der Waals surface area contributed by atoms with Crippen molar-refractivity contribution in [2.24, 2.45) is 11.5 Å². The van der Waals surface area contributed by atoms with Crippen molar-refractivity contribution in [3.05, 3.63) is 71.1 Å². The van der Waals surface area contributed by atoms with Gasteiger partial charge in [0.25, 0.3) is 5.91 Å². The summed E-state index contributed by atoms with van der Waals surface area (Å²) in [5.74, 6) is -0.197.